The smallest absolute Gasteiger partial charge is 0.322 e. The van der Waals surface area contributed by atoms with Gasteiger partial charge in [-0.1, -0.05) is 23.7 Å². The van der Waals surface area contributed by atoms with Gasteiger partial charge < -0.3 is 19.7 Å². The number of carbonyl (C=O) groups excluding carboxylic acids is 1. The molecule has 0 radical (unpaired) electrons. The summed E-state index contributed by atoms with van der Waals surface area (Å²) in [6.45, 7) is 1.13. The molecule has 1 aromatic heterocycles. The standard InChI is InChI=1S/C17H19ClN4O3/c1-24-15-7-3-2-6-14(15)21-17(23)22-8-4-5-13(11-22)25-16-19-9-12(18)10-20-16/h2-3,6-7,9-10,13H,4-5,8,11H2,1H3,(H,21,23). The number of ether oxygens (including phenoxy) is 2. The molecule has 2 aromatic rings. The average Bonchev–Trinajstić information content (AvgIpc) is 2.64. The molecule has 2 amide bonds. The number of aromatic nitrogens is 2. The molecule has 1 unspecified atom stereocenters. The van der Waals surface area contributed by atoms with E-state index in [9.17, 15) is 4.79 Å². The predicted octanol–water partition coefficient (Wildman–Crippen LogP) is 3.21. The number of amides is 2. The van der Waals surface area contributed by atoms with Gasteiger partial charge in [0.25, 0.3) is 0 Å². The summed E-state index contributed by atoms with van der Waals surface area (Å²) in [5.41, 5.74) is 0.638. The lowest BCUT2D eigenvalue weighted by molar-refractivity contribution is 0.0983. The molecular weight excluding hydrogens is 344 g/mol. The number of nitrogens with one attached hydrogen (secondary N) is 1. The Morgan fingerprint density at radius 1 is 1.32 bits per heavy atom. The first kappa shape index (κ1) is 17.3. The largest absolute Gasteiger partial charge is 0.495 e. The van der Waals surface area contributed by atoms with Crippen LogP contribution in [0.15, 0.2) is 36.7 Å². The molecule has 1 fully saturated rings. The maximum Gasteiger partial charge on any atom is 0.322 e. The third-order valence-corrected chi connectivity index (χ3v) is 4.08. The van der Waals surface area contributed by atoms with E-state index < -0.39 is 0 Å². The first-order chi connectivity index (χ1) is 12.2. The number of anilines is 1. The molecule has 0 spiro atoms. The minimum Gasteiger partial charge on any atom is -0.495 e. The molecule has 8 heteroatoms. The third-order valence-electron chi connectivity index (χ3n) is 3.88. The molecule has 1 saturated heterocycles. The Hall–Kier alpha value is -2.54. The number of urea groups is 1. The highest BCUT2D eigenvalue weighted by molar-refractivity contribution is 6.30. The Labute approximate surface area is 150 Å². The highest BCUT2D eigenvalue weighted by atomic mass is 35.5. The second-order valence-corrected chi connectivity index (χ2v) is 6.08. The zero-order chi connectivity index (χ0) is 17.6. The summed E-state index contributed by atoms with van der Waals surface area (Å²) in [5.74, 6) is 0.621. The monoisotopic (exact) mass is 362 g/mol. The Morgan fingerprint density at radius 3 is 2.84 bits per heavy atom. The van der Waals surface area contributed by atoms with Gasteiger partial charge in [-0.15, -0.1) is 0 Å². The highest BCUT2D eigenvalue weighted by Crippen LogP contribution is 2.24. The van der Waals surface area contributed by atoms with Crippen LogP contribution >= 0.6 is 11.6 Å². The van der Waals surface area contributed by atoms with Crippen LogP contribution in [0.2, 0.25) is 5.02 Å². The normalized spacial score (nSPS) is 17.0. The Balaban J connectivity index is 1.60. The number of rotatable bonds is 4. The second kappa shape index (κ2) is 8.02. The van der Waals surface area contributed by atoms with Gasteiger partial charge in [-0.3, -0.25) is 0 Å². The fourth-order valence-electron chi connectivity index (χ4n) is 2.67. The van der Waals surface area contributed by atoms with Crippen molar-refractivity contribution in [2.75, 3.05) is 25.5 Å². The van der Waals surface area contributed by atoms with Crippen LogP contribution < -0.4 is 14.8 Å². The fourth-order valence-corrected chi connectivity index (χ4v) is 2.77. The number of hydrogen-bond donors (Lipinski definition) is 1. The second-order valence-electron chi connectivity index (χ2n) is 5.64. The van der Waals surface area contributed by atoms with E-state index >= 15 is 0 Å². The summed E-state index contributed by atoms with van der Waals surface area (Å²) in [5, 5.41) is 3.33. The van der Waals surface area contributed by atoms with Crippen LogP contribution in [0.4, 0.5) is 10.5 Å². The predicted molar refractivity (Wildman–Crippen MR) is 94.3 cm³/mol. The molecule has 25 heavy (non-hydrogen) atoms. The topological polar surface area (TPSA) is 76.6 Å². The van der Waals surface area contributed by atoms with E-state index in [0.29, 0.717) is 29.5 Å². The van der Waals surface area contributed by atoms with Crippen molar-refractivity contribution in [1.29, 1.82) is 0 Å². The molecule has 7 nitrogen and oxygen atoms in total. The van der Waals surface area contributed by atoms with Crippen molar-refractivity contribution < 1.29 is 14.3 Å². The summed E-state index contributed by atoms with van der Waals surface area (Å²) in [4.78, 5) is 22.3. The summed E-state index contributed by atoms with van der Waals surface area (Å²) in [6, 6.07) is 7.38. The van der Waals surface area contributed by atoms with Crippen LogP contribution in [0.5, 0.6) is 11.8 Å². The third kappa shape index (κ3) is 4.51. The van der Waals surface area contributed by atoms with Gasteiger partial charge in [-0.25, -0.2) is 14.8 Å². The van der Waals surface area contributed by atoms with Crippen LogP contribution in [0.1, 0.15) is 12.8 Å². The van der Waals surface area contributed by atoms with Crippen LogP contribution in [-0.4, -0.2) is 47.2 Å². The molecule has 0 saturated carbocycles. The number of hydrogen-bond acceptors (Lipinski definition) is 5. The molecule has 0 bridgehead atoms. The number of benzene rings is 1. The van der Waals surface area contributed by atoms with E-state index in [2.05, 4.69) is 15.3 Å². The van der Waals surface area contributed by atoms with Gasteiger partial charge in [0.2, 0.25) is 0 Å². The lowest BCUT2D eigenvalue weighted by atomic mass is 10.1. The maximum absolute atomic E-state index is 12.5. The van der Waals surface area contributed by atoms with Crippen molar-refractivity contribution >= 4 is 23.3 Å². The van der Waals surface area contributed by atoms with E-state index in [1.54, 1.807) is 24.1 Å². The Morgan fingerprint density at radius 2 is 2.08 bits per heavy atom. The SMILES string of the molecule is COc1ccccc1NC(=O)N1CCCC(Oc2ncc(Cl)cn2)C1. The molecule has 132 valence electrons. The van der Waals surface area contributed by atoms with E-state index in [1.807, 2.05) is 12.1 Å². The Kier molecular flexibility index (Phi) is 5.55. The van der Waals surface area contributed by atoms with E-state index in [1.165, 1.54) is 12.4 Å². The molecule has 1 aromatic carbocycles. The number of nitrogens with zero attached hydrogens (tertiary/aromatic N) is 3. The minimum absolute atomic E-state index is 0.154. The Bertz CT molecular complexity index is 726. The fraction of sp³-hybridized carbons (Fsp3) is 0.353. The highest BCUT2D eigenvalue weighted by Gasteiger charge is 2.26. The summed E-state index contributed by atoms with van der Waals surface area (Å²) in [7, 11) is 1.57. The molecule has 1 aliphatic rings. The van der Waals surface area contributed by atoms with Crippen LogP contribution in [0.3, 0.4) is 0 Å². The van der Waals surface area contributed by atoms with Gasteiger partial charge in [0, 0.05) is 6.54 Å². The first-order valence-corrected chi connectivity index (χ1v) is 8.36. The maximum atomic E-state index is 12.5. The van der Waals surface area contributed by atoms with Gasteiger partial charge in [0.1, 0.15) is 11.9 Å². The van der Waals surface area contributed by atoms with Gasteiger partial charge in [-0.2, -0.15) is 0 Å². The molecule has 1 atom stereocenters. The number of carbonyl (C=O) groups is 1. The van der Waals surface area contributed by atoms with Gasteiger partial charge >= 0.3 is 12.0 Å². The van der Waals surface area contributed by atoms with Crippen molar-refractivity contribution in [2.45, 2.75) is 18.9 Å². The van der Waals surface area contributed by atoms with Gasteiger partial charge in [-0.05, 0) is 25.0 Å². The molecule has 1 aliphatic heterocycles. The van der Waals surface area contributed by atoms with Crippen molar-refractivity contribution in [1.82, 2.24) is 14.9 Å². The number of para-hydroxylation sites is 2. The molecule has 3 rings (SSSR count). The van der Waals surface area contributed by atoms with Crippen molar-refractivity contribution in [3.63, 3.8) is 0 Å². The summed E-state index contributed by atoms with van der Waals surface area (Å²) in [6.07, 6.45) is 4.50. The minimum atomic E-state index is -0.185. The van der Waals surface area contributed by atoms with E-state index in [4.69, 9.17) is 21.1 Å². The lowest BCUT2D eigenvalue weighted by Crippen LogP contribution is -2.46. The zero-order valence-electron chi connectivity index (χ0n) is 13.8. The van der Waals surface area contributed by atoms with E-state index in [0.717, 1.165) is 12.8 Å². The van der Waals surface area contributed by atoms with E-state index in [-0.39, 0.29) is 18.1 Å². The number of piperidine rings is 1. The van der Waals surface area contributed by atoms with Crippen LogP contribution in [-0.2, 0) is 0 Å². The summed E-state index contributed by atoms with van der Waals surface area (Å²) >= 11 is 5.77. The lowest BCUT2D eigenvalue weighted by Gasteiger charge is -2.32. The first-order valence-electron chi connectivity index (χ1n) is 7.99. The van der Waals surface area contributed by atoms with Gasteiger partial charge in [0.05, 0.1) is 36.8 Å². The van der Waals surface area contributed by atoms with Crippen molar-refractivity contribution in [2.24, 2.45) is 0 Å². The zero-order valence-corrected chi connectivity index (χ0v) is 14.6. The number of methoxy groups -OCH3 is 1. The van der Waals surface area contributed by atoms with Crippen LogP contribution in [0, 0.1) is 0 Å². The van der Waals surface area contributed by atoms with Gasteiger partial charge in [0.15, 0.2) is 0 Å². The van der Waals surface area contributed by atoms with Crippen LogP contribution in [0.25, 0.3) is 0 Å². The molecule has 0 aliphatic carbocycles. The quantitative estimate of drug-likeness (QED) is 0.903. The average molecular weight is 363 g/mol. The molecule has 2 heterocycles. The summed E-state index contributed by atoms with van der Waals surface area (Å²) < 4.78 is 11.0. The molecular formula is C17H19ClN4O3. The number of likely N-dealkylation sites (tertiary alicyclic amines) is 1. The van der Waals surface area contributed by atoms with Crippen molar-refractivity contribution in [3.8, 4) is 11.8 Å². The molecule has 1 N–H and O–H groups in total. The van der Waals surface area contributed by atoms with Crippen molar-refractivity contribution in [3.05, 3.63) is 41.7 Å². The number of halogens is 1.